The maximum absolute atomic E-state index is 12.7. The van der Waals surface area contributed by atoms with E-state index in [-0.39, 0.29) is 12.0 Å². The predicted molar refractivity (Wildman–Crippen MR) is 108 cm³/mol. The summed E-state index contributed by atoms with van der Waals surface area (Å²) in [7, 11) is 0. The first kappa shape index (κ1) is 19.7. The van der Waals surface area contributed by atoms with Gasteiger partial charge >= 0.3 is 0 Å². The van der Waals surface area contributed by atoms with Crippen molar-refractivity contribution in [3.8, 4) is 5.88 Å². The van der Waals surface area contributed by atoms with E-state index in [0.29, 0.717) is 29.9 Å². The molecule has 0 saturated carbocycles. The molecule has 1 saturated heterocycles. The highest BCUT2D eigenvalue weighted by Crippen LogP contribution is 2.23. The molecule has 1 amide bonds. The zero-order valence-corrected chi connectivity index (χ0v) is 17.0. The molecule has 5 nitrogen and oxygen atoms in total. The summed E-state index contributed by atoms with van der Waals surface area (Å²) >= 11 is 1.83. The van der Waals surface area contributed by atoms with Gasteiger partial charge in [0.1, 0.15) is 11.9 Å². The third-order valence-corrected chi connectivity index (χ3v) is 5.43. The lowest BCUT2D eigenvalue weighted by Crippen LogP contribution is -2.45. The predicted octanol–water partition coefficient (Wildman–Crippen LogP) is 3.90. The van der Waals surface area contributed by atoms with E-state index < -0.39 is 0 Å². The Morgan fingerprint density at radius 3 is 2.78 bits per heavy atom. The number of thioether (sulfide) groups is 1. The van der Waals surface area contributed by atoms with Crippen molar-refractivity contribution in [1.29, 1.82) is 0 Å². The second-order valence-corrected chi connectivity index (χ2v) is 8.80. The number of hydrogen-bond acceptors (Lipinski definition) is 5. The van der Waals surface area contributed by atoms with Crippen molar-refractivity contribution in [2.24, 2.45) is 0 Å². The molecule has 1 fully saturated rings. The molecule has 1 aliphatic heterocycles. The van der Waals surface area contributed by atoms with E-state index in [4.69, 9.17) is 4.74 Å². The van der Waals surface area contributed by atoms with Crippen molar-refractivity contribution in [2.75, 3.05) is 13.1 Å². The molecule has 0 radical (unpaired) electrons. The normalized spacial score (nSPS) is 17.2. The highest BCUT2D eigenvalue weighted by atomic mass is 32.2. The molecule has 1 aliphatic rings. The van der Waals surface area contributed by atoms with Crippen LogP contribution in [0, 0.1) is 6.92 Å². The Morgan fingerprint density at radius 1 is 1.30 bits per heavy atom. The number of nitrogens with zero attached hydrogens (tertiary/aromatic N) is 3. The first-order chi connectivity index (χ1) is 13.0. The van der Waals surface area contributed by atoms with Crippen molar-refractivity contribution in [3.63, 3.8) is 0 Å². The van der Waals surface area contributed by atoms with E-state index in [0.717, 1.165) is 24.9 Å². The summed E-state index contributed by atoms with van der Waals surface area (Å²) in [5.74, 6) is 1.43. The summed E-state index contributed by atoms with van der Waals surface area (Å²) < 4.78 is 5.97. The topological polar surface area (TPSA) is 55.3 Å². The number of amides is 1. The minimum absolute atomic E-state index is 0.0122. The third-order valence-electron chi connectivity index (χ3n) is 4.42. The fourth-order valence-electron chi connectivity index (χ4n) is 3.18. The SMILES string of the molecule is Cc1nccc(OC2CCCN(C(=O)Cc3ccc(SC(C)C)cc3)C2)n1. The number of rotatable bonds is 6. The molecule has 0 bridgehead atoms. The number of aromatic nitrogens is 2. The Hall–Kier alpha value is -2.08. The van der Waals surface area contributed by atoms with E-state index in [1.165, 1.54) is 4.90 Å². The van der Waals surface area contributed by atoms with Crippen LogP contribution in [0.3, 0.4) is 0 Å². The number of aryl methyl sites for hydroxylation is 1. The molecular weight excluding hydrogens is 358 g/mol. The molecule has 3 rings (SSSR count). The molecule has 27 heavy (non-hydrogen) atoms. The number of benzene rings is 1. The van der Waals surface area contributed by atoms with Gasteiger partial charge < -0.3 is 9.64 Å². The van der Waals surface area contributed by atoms with Gasteiger partial charge in [0, 0.05) is 29.0 Å². The standard InChI is InChI=1S/C21H27N3O2S/c1-15(2)27-19-8-6-17(7-9-19)13-21(25)24-12-4-5-18(14-24)26-20-10-11-22-16(3)23-20/h6-11,15,18H,4-5,12-14H2,1-3H3. The lowest BCUT2D eigenvalue weighted by Gasteiger charge is -2.32. The minimum atomic E-state index is -0.0122. The average molecular weight is 386 g/mol. The zero-order valence-electron chi connectivity index (χ0n) is 16.2. The van der Waals surface area contributed by atoms with Crippen LogP contribution >= 0.6 is 11.8 Å². The Kier molecular flexibility index (Phi) is 6.72. The van der Waals surface area contributed by atoms with Crippen LogP contribution in [0.2, 0.25) is 0 Å². The molecule has 1 atom stereocenters. The van der Waals surface area contributed by atoms with Gasteiger partial charge in [-0.2, -0.15) is 4.98 Å². The van der Waals surface area contributed by atoms with Crippen LogP contribution in [-0.4, -0.2) is 45.2 Å². The Morgan fingerprint density at radius 2 is 2.07 bits per heavy atom. The summed E-state index contributed by atoms with van der Waals surface area (Å²) in [4.78, 5) is 24.3. The average Bonchev–Trinajstić information content (AvgIpc) is 2.63. The molecule has 144 valence electrons. The first-order valence-corrected chi connectivity index (χ1v) is 10.4. The Bertz CT molecular complexity index is 764. The highest BCUT2D eigenvalue weighted by Gasteiger charge is 2.25. The summed E-state index contributed by atoms with van der Waals surface area (Å²) in [6.07, 6.45) is 4.01. The number of likely N-dealkylation sites (tertiary alicyclic amines) is 1. The van der Waals surface area contributed by atoms with Gasteiger partial charge in [-0.1, -0.05) is 26.0 Å². The summed E-state index contributed by atoms with van der Waals surface area (Å²) in [6, 6.07) is 10.1. The van der Waals surface area contributed by atoms with E-state index in [9.17, 15) is 4.79 Å². The van der Waals surface area contributed by atoms with Crippen LogP contribution in [-0.2, 0) is 11.2 Å². The zero-order chi connectivity index (χ0) is 19.2. The lowest BCUT2D eigenvalue weighted by molar-refractivity contribution is -0.133. The van der Waals surface area contributed by atoms with Crippen LogP contribution in [0.1, 0.15) is 38.1 Å². The van der Waals surface area contributed by atoms with Crippen LogP contribution < -0.4 is 4.74 Å². The van der Waals surface area contributed by atoms with Crippen molar-refractivity contribution in [3.05, 3.63) is 47.9 Å². The van der Waals surface area contributed by atoms with Gasteiger partial charge in [-0.15, -0.1) is 11.8 Å². The second kappa shape index (κ2) is 9.22. The summed E-state index contributed by atoms with van der Waals surface area (Å²) in [5.41, 5.74) is 1.06. The number of carbonyl (C=O) groups is 1. The maximum Gasteiger partial charge on any atom is 0.227 e. The lowest BCUT2D eigenvalue weighted by atomic mass is 10.1. The number of carbonyl (C=O) groups excluding carboxylic acids is 1. The molecule has 6 heteroatoms. The second-order valence-electron chi connectivity index (χ2n) is 7.15. The minimum Gasteiger partial charge on any atom is -0.472 e. The maximum atomic E-state index is 12.7. The van der Waals surface area contributed by atoms with Crippen molar-refractivity contribution in [2.45, 2.75) is 56.3 Å². The smallest absolute Gasteiger partial charge is 0.227 e. The van der Waals surface area contributed by atoms with Crippen LogP contribution in [0.15, 0.2) is 41.4 Å². The molecule has 0 aliphatic carbocycles. The van der Waals surface area contributed by atoms with Gasteiger partial charge in [-0.25, -0.2) is 4.98 Å². The van der Waals surface area contributed by atoms with Gasteiger partial charge in [0.05, 0.1) is 13.0 Å². The molecule has 1 unspecified atom stereocenters. The molecule has 2 aromatic rings. The Labute approximate surface area is 165 Å². The largest absolute Gasteiger partial charge is 0.472 e. The van der Waals surface area contributed by atoms with Crippen molar-refractivity contribution >= 4 is 17.7 Å². The first-order valence-electron chi connectivity index (χ1n) is 9.49. The van der Waals surface area contributed by atoms with Crippen LogP contribution in [0.4, 0.5) is 0 Å². The molecule has 1 aromatic carbocycles. The van der Waals surface area contributed by atoms with Gasteiger partial charge in [0.25, 0.3) is 0 Å². The quantitative estimate of drug-likeness (QED) is 0.706. The van der Waals surface area contributed by atoms with E-state index in [1.807, 2.05) is 23.6 Å². The number of hydrogen-bond donors (Lipinski definition) is 0. The highest BCUT2D eigenvalue weighted by molar-refractivity contribution is 7.99. The molecule has 1 aromatic heterocycles. The molecular formula is C21H27N3O2S. The summed E-state index contributed by atoms with van der Waals surface area (Å²) in [5, 5.41) is 0.557. The van der Waals surface area contributed by atoms with Gasteiger partial charge in [0.15, 0.2) is 0 Å². The Balaban J connectivity index is 1.55. The van der Waals surface area contributed by atoms with Crippen LogP contribution in [0.5, 0.6) is 5.88 Å². The van der Waals surface area contributed by atoms with E-state index >= 15 is 0 Å². The van der Waals surface area contributed by atoms with Gasteiger partial charge in [-0.3, -0.25) is 4.79 Å². The molecule has 0 N–H and O–H groups in total. The molecule has 2 heterocycles. The fraction of sp³-hybridized carbons (Fsp3) is 0.476. The van der Waals surface area contributed by atoms with Gasteiger partial charge in [0.2, 0.25) is 11.8 Å². The van der Waals surface area contributed by atoms with E-state index in [1.54, 1.807) is 12.3 Å². The van der Waals surface area contributed by atoms with Crippen molar-refractivity contribution < 1.29 is 9.53 Å². The van der Waals surface area contributed by atoms with Crippen molar-refractivity contribution in [1.82, 2.24) is 14.9 Å². The monoisotopic (exact) mass is 385 g/mol. The van der Waals surface area contributed by atoms with Gasteiger partial charge in [-0.05, 0) is 37.5 Å². The third kappa shape index (κ3) is 5.96. The van der Waals surface area contributed by atoms with Crippen LogP contribution in [0.25, 0.3) is 0 Å². The fourth-order valence-corrected chi connectivity index (χ4v) is 4.01. The van der Waals surface area contributed by atoms with E-state index in [2.05, 4.69) is 48.1 Å². The number of piperidine rings is 1. The summed E-state index contributed by atoms with van der Waals surface area (Å²) in [6.45, 7) is 7.61. The molecule has 0 spiro atoms. The number of ether oxygens (including phenoxy) is 1.